The van der Waals surface area contributed by atoms with Crippen molar-refractivity contribution >= 4 is 28.4 Å². The van der Waals surface area contributed by atoms with Crippen molar-refractivity contribution in [3.05, 3.63) is 42.9 Å². The van der Waals surface area contributed by atoms with Crippen molar-refractivity contribution in [1.82, 2.24) is 25.0 Å². The normalized spacial score (nSPS) is 17.7. The first kappa shape index (κ1) is 20.6. The highest BCUT2D eigenvalue weighted by atomic mass is 16.2. The molecule has 2 aromatic heterocycles. The number of benzene rings is 1. The summed E-state index contributed by atoms with van der Waals surface area (Å²) < 4.78 is 0. The summed E-state index contributed by atoms with van der Waals surface area (Å²) in [7, 11) is 0. The van der Waals surface area contributed by atoms with Gasteiger partial charge in [0.25, 0.3) is 0 Å². The van der Waals surface area contributed by atoms with Crippen LogP contribution in [0.3, 0.4) is 0 Å². The number of anilines is 1. The van der Waals surface area contributed by atoms with Crippen LogP contribution in [0, 0.1) is 5.92 Å². The predicted octanol–water partition coefficient (Wildman–Crippen LogP) is 2.90. The largest absolute Gasteiger partial charge is 0.342 e. The van der Waals surface area contributed by atoms with Crippen LogP contribution in [0.5, 0.6) is 0 Å². The molecule has 2 aliphatic rings. The number of aromatic nitrogens is 3. The summed E-state index contributed by atoms with van der Waals surface area (Å²) in [6.45, 7) is 3.84. The lowest BCUT2D eigenvalue weighted by Crippen LogP contribution is -2.45. The second-order valence-corrected chi connectivity index (χ2v) is 8.75. The van der Waals surface area contributed by atoms with Crippen molar-refractivity contribution in [3.8, 4) is 11.1 Å². The molecule has 0 radical (unpaired) electrons. The van der Waals surface area contributed by atoms with E-state index in [1.807, 2.05) is 29.3 Å². The Bertz CT molecular complexity index is 1100. The van der Waals surface area contributed by atoms with Gasteiger partial charge in [-0.2, -0.15) is 5.10 Å². The molecule has 0 unspecified atom stereocenters. The van der Waals surface area contributed by atoms with Crippen molar-refractivity contribution in [1.29, 1.82) is 0 Å². The van der Waals surface area contributed by atoms with Gasteiger partial charge in [-0.05, 0) is 61.9 Å². The van der Waals surface area contributed by atoms with E-state index in [-0.39, 0.29) is 17.7 Å². The molecular formula is C24H28N6O2. The quantitative estimate of drug-likeness (QED) is 0.647. The fraction of sp³-hybridized carbons (Fsp3) is 0.417. The zero-order valence-corrected chi connectivity index (χ0v) is 18.1. The van der Waals surface area contributed by atoms with Crippen LogP contribution >= 0.6 is 0 Å². The Morgan fingerprint density at radius 3 is 2.56 bits per heavy atom. The minimum absolute atomic E-state index is 0.0190. The highest BCUT2D eigenvalue weighted by molar-refractivity contribution is 5.95. The van der Waals surface area contributed by atoms with Crippen molar-refractivity contribution < 1.29 is 9.59 Å². The molecule has 2 N–H and O–H groups in total. The van der Waals surface area contributed by atoms with Gasteiger partial charge in [-0.3, -0.25) is 19.6 Å². The molecule has 2 aliphatic heterocycles. The smallest absolute Gasteiger partial charge is 0.236 e. The molecule has 2 amide bonds. The predicted molar refractivity (Wildman–Crippen MR) is 123 cm³/mol. The maximum absolute atomic E-state index is 12.8. The Hall–Kier alpha value is -3.26. The van der Waals surface area contributed by atoms with E-state index in [0.717, 1.165) is 35.0 Å². The average molecular weight is 433 g/mol. The zero-order chi connectivity index (χ0) is 21.9. The van der Waals surface area contributed by atoms with Crippen LogP contribution < -0.4 is 5.32 Å². The summed E-state index contributed by atoms with van der Waals surface area (Å²) in [6, 6.07) is 8.03. The number of fused-ring (bicyclic) bond motifs is 1. The van der Waals surface area contributed by atoms with E-state index in [1.165, 1.54) is 12.8 Å². The standard InChI is InChI=1S/C24H28N6O2/c31-23(16-29-7-1-2-8-29)30-9-5-17(6-10-30)24(32)28-22-12-20-11-18(21-14-26-27-15-21)3-4-19(20)13-25-22/h3-4,11-15,17H,1-2,5-10,16H2,(H,26,27)(H,25,28,32). The molecule has 32 heavy (non-hydrogen) atoms. The first-order valence-corrected chi connectivity index (χ1v) is 11.4. The summed E-state index contributed by atoms with van der Waals surface area (Å²) in [5.74, 6) is 0.629. The molecule has 0 aliphatic carbocycles. The van der Waals surface area contributed by atoms with Crippen molar-refractivity contribution in [3.63, 3.8) is 0 Å². The summed E-state index contributed by atoms with van der Waals surface area (Å²) >= 11 is 0. The number of nitrogens with zero attached hydrogens (tertiary/aromatic N) is 4. The summed E-state index contributed by atoms with van der Waals surface area (Å²) in [6.07, 6.45) is 9.17. The third-order valence-corrected chi connectivity index (χ3v) is 6.58. The lowest BCUT2D eigenvalue weighted by Gasteiger charge is -2.32. The Kier molecular flexibility index (Phi) is 5.85. The van der Waals surface area contributed by atoms with Crippen molar-refractivity contribution in [2.75, 3.05) is 38.0 Å². The Labute approximate surface area is 187 Å². The second-order valence-electron chi connectivity index (χ2n) is 8.75. The van der Waals surface area contributed by atoms with Gasteiger partial charge in [0.2, 0.25) is 11.8 Å². The van der Waals surface area contributed by atoms with E-state index in [2.05, 4.69) is 31.5 Å². The molecule has 0 bridgehead atoms. The van der Waals surface area contributed by atoms with Crippen LogP contribution in [-0.2, 0) is 9.59 Å². The lowest BCUT2D eigenvalue weighted by molar-refractivity contribution is -0.135. The summed E-state index contributed by atoms with van der Waals surface area (Å²) in [5.41, 5.74) is 2.07. The van der Waals surface area contributed by atoms with Gasteiger partial charge in [0.15, 0.2) is 0 Å². The molecule has 2 saturated heterocycles. The Morgan fingerprint density at radius 1 is 1.00 bits per heavy atom. The van der Waals surface area contributed by atoms with Crippen LogP contribution in [0.25, 0.3) is 21.9 Å². The van der Waals surface area contributed by atoms with Crippen LogP contribution in [0.4, 0.5) is 5.82 Å². The van der Waals surface area contributed by atoms with Crippen LogP contribution in [0.2, 0.25) is 0 Å². The van der Waals surface area contributed by atoms with Gasteiger partial charge in [-0.1, -0.05) is 12.1 Å². The maximum atomic E-state index is 12.8. The number of hydrogen-bond acceptors (Lipinski definition) is 5. The number of pyridine rings is 1. The van der Waals surface area contributed by atoms with E-state index >= 15 is 0 Å². The van der Waals surface area contributed by atoms with Gasteiger partial charge in [0.1, 0.15) is 5.82 Å². The third kappa shape index (κ3) is 4.50. The maximum Gasteiger partial charge on any atom is 0.236 e. The number of H-pyrrole nitrogens is 1. The molecule has 1 aromatic carbocycles. The number of amides is 2. The molecule has 2 fully saturated rings. The van der Waals surface area contributed by atoms with E-state index in [9.17, 15) is 9.59 Å². The number of rotatable bonds is 5. The molecule has 5 rings (SSSR count). The number of nitrogens with one attached hydrogen (secondary N) is 2. The highest BCUT2D eigenvalue weighted by Crippen LogP contribution is 2.25. The Morgan fingerprint density at radius 2 is 1.81 bits per heavy atom. The van der Waals surface area contributed by atoms with Crippen LogP contribution in [0.1, 0.15) is 25.7 Å². The van der Waals surface area contributed by atoms with Crippen LogP contribution in [0.15, 0.2) is 42.9 Å². The van der Waals surface area contributed by atoms with Crippen molar-refractivity contribution in [2.45, 2.75) is 25.7 Å². The minimum atomic E-state index is -0.0967. The van der Waals surface area contributed by atoms with Gasteiger partial charge < -0.3 is 10.2 Å². The Balaban J connectivity index is 1.19. The van der Waals surface area contributed by atoms with Gasteiger partial charge in [-0.15, -0.1) is 0 Å². The molecule has 0 spiro atoms. The second kappa shape index (κ2) is 9.08. The molecule has 4 heterocycles. The van der Waals surface area contributed by atoms with Crippen molar-refractivity contribution in [2.24, 2.45) is 5.92 Å². The van der Waals surface area contributed by atoms with E-state index < -0.39 is 0 Å². The van der Waals surface area contributed by atoms with Gasteiger partial charge in [0.05, 0.1) is 12.7 Å². The zero-order valence-electron chi connectivity index (χ0n) is 18.1. The molecule has 3 aromatic rings. The summed E-state index contributed by atoms with van der Waals surface area (Å²) in [5, 5.41) is 11.8. The van der Waals surface area contributed by atoms with Crippen LogP contribution in [-0.4, -0.2) is 69.5 Å². The fourth-order valence-corrected chi connectivity index (χ4v) is 4.65. The number of likely N-dealkylation sites (tertiary alicyclic amines) is 2. The van der Waals surface area contributed by atoms with Gasteiger partial charge >= 0.3 is 0 Å². The number of aromatic amines is 1. The van der Waals surface area contributed by atoms with E-state index in [0.29, 0.717) is 38.3 Å². The molecule has 0 saturated carbocycles. The summed E-state index contributed by atoms with van der Waals surface area (Å²) in [4.78, 5) is 33.9. The topological polar surface area (TPSA) is 94.2 Å². The van der Waals surface area contributed by atoms with E-state index in [4.69, 9.17) is 0 Å². The third-order valence-electron chi connectivity index (χ3n) is 6.58. The monoisotopic (exact) mass is 432 g/mol. The number of piperidine rings is 1. The average Bonchev–Trinajstić information content (AvgIpc) is 3.53. The lowest BCUT2D eigenvalue weighted by atomic mass is 9.95. The first-order valence-electron chi connectivity index (χ1n) is 11.4. The SMILES string of the molecule is O=C(Nc1cc2cc(-c3cn[nH]c3)ccc2cn1)C1CCN(C(=O)CN2CCCC2)CC1. The fourth-order valence-electron chi connectivity index (χ4n) is 4.65. The van der Waals surface area contributed by atoms with Gasteiger partial charge in [-0.25, -0.2) is 4.98 Å². The highest BCUT2D eigenvalue weighted by Gasteiger charge is 2.28. The first-order chi connectivity index (χ1) is 15.7. The van der Waals surface area contributed by atoms with Gasteiger partial charge in [0, 0.05) is 42.4 Å². The number of carbonyl (C=O) groups excluding carboxylic acids is 2. The molecule has 0 atom stereocenters. The number of hydrogen-bond donors (Lipinski definition) is 2. The molecule has 166 valence electrons. The molecule has 8 heteroatoms. The molecular weight excluding hydrogens is 404 g/mol. The number of carbonyl (C=O) groups is 2. The minimum Gasteiger partial charge on any atom is -0.342 e. The molecule has 8 nitrogen and oxygen atoms in total. The van der Waals surface area contributed by atoms with E-state index in [1.54, 1.807) is 12.4 Å².